The van der Waals surface area contributed by atoms with E-state index in [0.29, 0.717) is 24.8 Å². The van der Waals surface area contributed by atoms with Crippen LogP contribution in [-0.2, 0) is 9.53 Å². The summed E-state index contributed by atoms with van der Waals surface area (Å²) in [7, 11) is 0. The van der Waals surface area contributed by atoms with Gasteiger partial charge in [-0.3, -0.25) is 9.79 Å². The van der Waals surface area contributed by atoms with Gasteiger partial charge >= 0.3 is 0 Å². The molecule has 3 aliphatic rings. The lowest BCUT2D eigenvalue weighted by molar-refractivity contribution is -0.128. The molecule has 7 heteroatoms. The van der Waals surface area contributed by atoms with E-state index in [2.05, 4.69) is 36.1 Å². The Morgan fingerprint density at radius 2 is 2.03 bits per heavy atom. The number of anilines is 1. The number of aromatic nitrogens is 1. The number of nitrogens with two attached hydrogens (primary N) is 1. The van der Waals surface area contributed by atoms with Gasteiger partial charge in [-0.1, -0.05) is 18.2 Å². The molecule has 4 heterocycles. The Hall–Kier alpha value is -2.93. The molecule has 3 aliphatic heterocycles. The van der Waals surface area contributed by atoms with Crippen LogP contribution in [0, 0.1) is 0 Å². The number of aliphatic imine (C=N–C) groups is 1. The zero-order valence-electron chi connectivity index (χ0n) is 20.3. The van der Waals surface area contributed by atoms with E-state index < -0.39 is 0 Å². The van der Waals surface area contributed by atoms with Crippen molar-refractivity contribution >= 4 is 33.9 Å². The van der Waals surface area contributed by atoms with Crippen molar-refractivity contribution in [1.82, 2.24) is 9.88 Å². The zero-order valence-corrected chi connectivity index (χ0v) is 20.3. The third-order valence-electron chi connectivity index (χ3n) is 7.50. The monoisotopic (exact) mass is 461 g/mol. The summed E-state index contributed by atoms with van der Waals surface area (Å²) in [5.74, 6) is 1.10. The van der Waals surface area contributed by atoms with Crippen LogP contribution >= 0.6 is 0 Å². The van der Waals surface area contributed by atoms with Crippen LogP contribution in [-0.4, -0.2) is 66.4 Å². The molecule has 0 aliphatic carbocycles. The van der Waals surface area contributed by atoms with Crippen molar-refractivity contribution in [1.29, 1.82) is 0 Å². The van der Waals surface area contributed by atoms with Crippen LogP contribution in [0.25, 0.3) is 16.5 Å². The first kappa shape index (κ1) is 22.8. The van der Waals surface area contributed by atoms with Gasteiger partial charge < -0.3 is 20.3 Å². The van der Waals surface area contributed by atoms with Gasteiger partial charge in [0, 0.05) is 86.4 Å². The highest BCUT2D eigenvalue weighted by Crippen LogP contribution is 2.31. The van der Waals surface area contributed by atoms with Crippen LogP contribution in [0.15, 0.2) is 41.0 Å². The lowest BCUT2D eigenvalue weighted by Gasteiger charge is -2.31. The summed E-state index contributed by atoms with van der Waals surface area (Å²) in [5.41, 5.74) is 10.5. The Balaban J connectivity index is 1.55. The van der Waals surface area contributed by atoms with Crippen molar-refractivity contribution in [2.75, 3.05) is 37.7 Å². The van der Waals surface area contributed by atoms with E-state index >= 15 is 0 Å². The Labute approximate surface area is 201 Å². The van der Waals surface area contributed by atoms with Crippen LogP contribution < -0.4 is 10.6 Å². The number of hydrogen-bond acceptors (Lipinski definition) is 6. The number of benzene rings is 1. The summed E-state index contributed by atoms with van der Waals surface area (Å²) in [5, 5.41) is 2.17. The maximum Gasteiger partial charge on any atom is 0.219 e. The minimum atomic E-state index is 0.0689. The van der Waals surface area contributed by atoms with Crippen molar-refractivity contribution in [2.45, 2.75) is 58.0 Å². The number of rotatable bonds is 3. The second-order valence-corrected chi connectivity index (χ2v) is 9.76. The molecule has 180 valence electrons. The minimum Gasteiger partial charge on any atom is -0.398 e. The topological polar surface area (TPSA) is 84.0 Å². The normalized spacial score (nSPS) is 24.8. The lowest BCUT2D eigenvalue weighted by Crippen LogP contribution is -2.40. The van der Waals surface area contributed by atoms with Gasteiger partial charge in [-0.05, 0) is 44.1 Å². The molecule has 1 aromatic heterocycles. The first-order valence-corrected chi connectivity index (χ1v) is 12.6. The van der Waals surface area contributed by atoms with E-state index in [9.17, 15) is 4.79 Å². The number of fused-ring (bicyclic) bond motifs is 1. The second kappa shape index (κ2) is 9.74. The highest BCUT2D eigenvalue weighted by Gasteiger charge is 2.27. The third-order valence-corrected chi connectivity index (χ3v) is 7.50. The number of carbonyl (C=O) groups is 1. The van der Waals surface area contributed by atoms with Gasteiger partial charge in [0.05, 0.1) is 6.04 Å². The molecule has 0 saturated carbocycles. The average Bonchev–Trinajstić information content (AvgIpc) is 3.29. The van der Waals surface area contributed by atoms with Crippen molar-refractivity contribution in [3.63, 3.8) is 0 Å². The quantitative estimate of drug-likeness (QED) is 0.752. The van der Waals surface area contributed by atoms with Crippen molar-refractivity contribution in [3.05, 3.63) is 41.6 Å². The Kier molecular flexibility index (Phi) is 6.55. The van der Waals surface area contributed by atoms with Crippen molar-refractivity contribution in [2.24, 2.45) is 10.7 Å². The number of hydrogen-bond donors (Lipinski definition) is 1. The highest BCUT2D eigenvalue weighted by molar-refractivity contribution is 6.10. The van der Waals surface area contributed by atoms with Crippen molar-refractivity contribution < 1.29 is 9.53 Å². The van der Waals surface area contributed by atoms with Crippen LogP contribution in [0.2, 0.25) is 0 Å². The maximum atomic E-state index is 12.2. The van der Waals surface area contributed by atoms with E-state index in [1.165, 1.54) is 12.8 Å². The van der Waals surface area contributed by atoms with E-state index in [0.717, 1.165) is 72.5 Å². The highest BCUT2D eigenvalue weighted by atomic mass is 16.5. The molecule has 3 fully saturated rings. The smallest absolute Gasteiger partial charge is 0.219 e. The minimum absolute atomic E-state index is 0.0689. The van der Waals surface area contributed by atoms with Gasteiger partial charge in [0.15, 0.2) is 0 Å². The van der Waals surface area contributed by atoms with Gasteiger partial charge in [0.2, 0.25) is 5.91 Å². The summed E-state index contributed by atoms with van der Waals surface area (Å²) in [6, 6.07) is 9.20. The molecular formula is C27H35N5O2. The van der Waals surface area contributed by atoms with Crippen LogP contribution in [0.1, 0.15) is 51.5 Å². The summed E-state index contributed by atoms with van der Waals surface area (Å²) in [4.78, 5) is 26.4. The molecule has 2 N–H and O–H groups in total. The number of pyridine rings is 1. The molecule has 3 saturated heterocycles. The number of carbonyl (C=O) groups excluding carboxylic acids is 1. The SMILES string of the molecule is CC(=O)N1CCC(=NC2CCOCC2)C(=C(N)c2cccc3cc(N4CCC[C@@H]4C)ncc23)C1. The molecule has 0 radical (unpaired) electrons. The summed E-state index contributed by atoms with van der Waals surface area (Å²) in [6.07, 6.45) is 6.97. The molecule has 0 spiro atoms. The number of amides is 1. The van der Waals surface area contributed by atoms with E-state index in [-0.39, 0.29) is 11.9 Å². The molecule has 1 atom stereocenters. The van der Waals surface area contributed by atoms with Crippen LogP contribution in [0.4, 0.5) is 5.82 Å². The van der Waals surface area contributed by atoms with Gasteiger partial charge in [0.25, 0.3) is 0 Å². The fraction of sp³-hybridized carbons (Fsp3) is 0.519. The predicted octanol–water partition coefficient (Wildman–Crippen LogP) is 3.77. The molecule has 1 aromatic carbocycles. The first-order valence-electron chi connectivity index (χ1n) is 12.6. The molecule has 5 rings (SSSR count). The first-order chi connectivity index (χ1) is 16.5. The average molecular weight is 462 g/mol. The fourth-order valence-corrected chi connectivity index (χ4v) is 5.43. The largest absolute Gasteiger partial charge is 0.398 e. The number of nitrogens with zero attached hydrogens (tertiary/aromatic N) is 4. The Morgan fingerprint density at radius 3 is 2.76 bits per heavy atom. The predicted molar refractivity (Wildman–Crippen MR) is 137 cm³/mol. The third kappa shape index (κ3) is 4.53. The molecule has 0 unspecified atom stereocenters. The molecule has 34 heavy (non-hydrogen) atoms. The van der Waals surface area contributed by atoms with Gasteiger partial charge in [-0.25, -0.2) is 4.98 Å². The van der Waals surface area contributed by atoms with Gasteiger partial charge in [-0.2, -0.15) is 0 Å². The standard InChI is InChI=1S/C27H35N5O2/c1-18-5-4-11-32(18)26-15-20-6-3-7-22(23(20)16-29-26)27(28)24-17-31(19(2)33)12-8-25(24)30-21-9-13-34-14-10-21/h3,6-7,15-16,18,21H,4-5,8-14,17,28H2,1-2H3/t18-/m0/s1. The van der Waals surface area contributed by atoms with Gasteiger partial charge in [0.1, 0.15) is 5.82 Å². The summed E-state index contributed by atoms with van der Waals surface area (Å²) < 4.78 is 5.51. The number of ether oxygens (including phenoxy) is 1. The number of piperidine rings is 1. The molecule has 7 nitrogen and oxygen atoms in total. The zero-order chi connectivity index (χ0) is 23.7. The Morgan fingerprint density at radius 1 is 1.21 bits per heavy atom. The number of likely N-dealkylation sites (tertiary alicyclic amines) is 1. The second-order valence-electron chi connectivity index (χ2n) is 9.76. The molecule has 1 amide bonds. The van der Waals surface area contributed by atoms with E-state index in [4.69, 9.17) is 20.4 Å². The summed E-state index contributed by atoms with van der Waals surface area (Å²) >= 11 is 0. The van der Waals surface area contributed by atoms with E-state index in [1.54, 1.807) is 6.92 Å². The summed E-state index contributed by atoms with van der Waals surface area (Å²) in [6.45, 7) is 7.63. The van der Waals surface area contributed by atoms with Gasteiger partial charge in [-0.15, -0.1) is 0 Å². The molecule has 0 bridgehead atoms. The maximum absolute atomic E-state index is 12.2. The van der Waals surface area contributed by atoms with E-state index in [1.807, 2.05) is 11.1 Å². The van der Waals surface area contributed by atoms with Crippen molar-refractivity contribution in [3.8, 4) is 0 Å². The lowest BCUT2D eigenvalue weighted by atomic mass is 9.94. The Bertz CT molecular complexity index is 1140. The van der Waals surface area contributed by atoms with Crippen LogP contribution in [0.3, 0.4) is 0 Å². The van der Waals surface area contributed by atoms with Crippen LogP contribution in [0.5, 0.6) is 0 Å². The molecular weight excluding hydrogens is 426 g/mol. The molecule has 2 aromatic rings. The fourth-order valence-electron chi connectivity index (χ4n) is 5.43.